The van der Waals surface area contributed by atoms with Crippen molar-refractivity contribution in [3.8, 4) is 5.75 Å². The van der Waals surface area contributed by atoms with Crippen molar-refractivity contribution in [2.75, 3.05) is 20.2 Å². The Hall–Kier alpha value is -1.62. The van der Waals surface area contributed by atoms with Gasteiger partial charge in [0, 0.05) is 44.2 Å². The Morgan fingerprint density at radius 2 is 2.18 bits per heavy atom. The van der Waals surface area contributed by atoms with E-state index >= 15 is 0 Å². The number of methoxy groups -OCH3 is 1. The quantitative estimate of drug-likeness (QED) is 0.906. The molecule has 1 aromatic rings. The Bertz CT molecular complexity index is 560. The maximum Gasteiger partial charge on any atom is 0.217 e. The van der Waals surface area contributed by atoms with Crippen LogP contribution in [-0.2, 0) is 11.3 Å². The number of amides is 1. The summed E-state index contributed by atoms with van der Waals surface area (Å²) in [6.07, 6.45) is 2.51. The van der Waals surface area contributed by atoms with Gasteiger partial charge in [0.15, 0.2) is 0 Å². The summed E-state index contributed by atoms with van der Waals surface area (Å²) in [5.41, 5.74) is 0.679. The molecule has 0 unspecified atom stereocenters. The zero-order valence-corrected chi connectivity index (χ0v) is 13.1. The molecule has 1 amide bonds. The summed E-state index contributed by atoms with van der Waals surface area (Å²) in [5, 5.41) is 3.07. The van der Waals surface area contributed by atoms with Crippen molar-refractivity contribution in [2.24, 2.45) is 11.8 Å². The van der Waals surface area contributed by atoms with E-state index in [0.717, 1.165) is 19.0 Å². The lowest BCUT2D eigenvalue weighted by Crippen LogP contribution is -2.39. The van der Waals surface area contributed by atoms with E-state index in [1.54, 1.807) is 19.1 Å². The average molecular weight is 306 g/mol. The first kappa shape index (κ1) is 15.3. The third kappa shape index (κ3) is 3.40. The van der Waals surface area contributed by atoms with Gasteiger partial charge < -0.3 is 10.1 Å². The van der Waals surface area contributed by atoms with Gasteiger partial charge in [0.05, 0.1) is 7.11 Å². The number of rotatable bonds is 5. The average Bonchev–Trinajstić information content (AvgIpc) is 3.24. The lowest BCUT2D eigenvalue weighted by molar-refractivity contribution is -0.119. The summed E-state index contributed by atoms with van der Waals surface area (Å²) < 4.78 is 19.1. The number of likely N-dealkylation sites (tertiary alicyclic amines) is 1. The predicted molar refractivity (Wildman–Crippen MR) is 82.0 cm³/mol. The number of carbonyl (C=O) groups is 1. The van der Waals surface area contributed by atoms with E-state index in [2.05, 4.69) is 10.2 Å². The molecule has 1 aliphatic carbocycles. The van der Waals surface area contributed by atoms with Crippen molar-refractivity contribution in [1.82, 2.24) is 10.2 Å². The zero-order chi connectivity index (χ0) is 15.7. The minimum absolute atomic E-state index is 0.0214. The molecule has 4 nitrogen and oxygen atoms in total. The zero-order valence-electron chi connectivity index (χ0n) is 13.1. The van der Waals surface area contributed by atoms with Gasteiger partial charge in [-0.05, 0) is 30.7 Å². The number of hydrogen-bond acceptors (Lipinski definition) is 3. The number of carbonyl (C=O) groups excluding carboxylic acids is 1. The van der Waals surface area contributed by atoms with Gasteiger partial charge in [-0.15, -0.1) is 0 Å². The predicted octanol–water partition coefficient (Wildman–Crippen LogP) is 2.18. The molecule has 1 N–H and O–H groups in total. The molecule has 2 atom stereocenters. The highest BCUT2D eigenvalue weighted by atomic mass is 19.1. The molecule has 2 aliphatic rings. The van der Waals surface area contributed by atoms with Crippen molar-refractivity contribution < 1.29 is 13.9 Å². The highest BCUT2D eigenvalue weighted by molar-refractivity contribution is 5.73. The Morgan fingerprint density at radius 3 is 2.77 bits per heavy atom. The Balaban J connectivity index is 1.66. The first-order valence-electron chi connectivity index (χ1n) is 7.88. The van der Waals surface area contributed by atoms with Crippen LogP contribution in [0.2, 0.25) is 0 Å². The van der Waals surface area contributed by atoms with Crippen LogP contribution in [0.1, 0.15) is 25.3 Å². The molecule has 2 fully saturated rings. The van der Waals surface area contributed by atoms with Crippen LogP contribution in [0, 0.1) is 17.7 Å². The van der Waals surface area contributed by atoms with E-state index in [1.807, 2.05) is 0 Å². The summed E-state index contributed by atoms with van der Waals surface area (Å²) >= 11 is 0. The van der Waals surface area contributed by atoms with E-state index in [-0.39, 0.29) is 17.8 Å². The maximum absolute atomic E-state index is 14.1. The molecule has 1 saturated heterocycles. The largest absolute Gasteiger partial charge is 0.497 e. The van der Waals surface area contributed by atoms with Crippen molar-refractivity contribution in [2.45, 2.75) is 32.4 Å². The molecule has 22 heavy (non-hydrogen) atoms. The fourth-order valence-electron chi connectivity index (χ4n) is 3.48. The lowest BCUT2D eigenvalue weighted by atomic mass is 9.98. The van der Waals surface area contributed by atoms with E-state index in [9.17, 15) is 9.18 Å². The Morgan fingerprint density at radius 1 is 1.41 bits per heavy atom. The van der Waals surface area contributed by atoms with Crippen molar-refractivity contribution in [3.63, 3.8) is 0 Å². The Kier molecular flexibility index (Phi) is 4.34. The normalized spacial score (nSPS) is 25.2. The monoisotopic (exact) mass is 306 g/mol. The first-order chi connectivity index (χ1) is 10.6. The smallest absolute Gasteiger partial charge is 0.217 e. The number of benzene rings is 1. The minimum atomic E-state index is -0.231. The van der Waals surface area contributed by atoms with Crippen molar-refractivity contribution >= 4 is 5.91 Å². The van der Waals surface area contributed by atoms with Crippen LogP contribution >= 0.6 is 0 Å². The van der Waals surface area contributed by atoms with E-state index < -0.39 is 0 Å². The summed E-state index contributed by atoms with van der Waals surface area (Å²) in [7, 11) is 1.53. The van der Waals surface area contributed by atoms with Crippen LogP contribution < -0.4 is 10.1 Å². The fraction of sp³-hybridized carbons (Fsp3) is 0.588. The lowest BCUT2D eigenvalue weighted by Gasteiger charge is -2.18. The molecule has 1 heterocycles. The molecule has 1 saturated carbocycles. The third-order valence-electron chi connectivity index (χ3n) is 4.71. The summed E-state index contributed by atoms with van der Waals surface area (Å²) in [4.78, 5) is 13.6. The standard InChI is InChI=1S/C17H23FN2O2/c1-11(21)19-17-10-20(9-15(17)12-3-4-12)8-13-5-6-14(22-2)7-16(13)18/h5-7,12,15,17H,3-4,8-10H2,1-2H3,(H,19,21)/t15-,17+/m1/s1. The van der Waals surface area contributed by atoms with Gasteiger partial charge in [0.1, 0.15) is 11.6 Å². The van der Waals surface area contributed by atoms with Crippen molar-refractivity contribution in [3.05, 3.63) is 29.6 Å². The molecule has 0 radical (unpaired) electrons. The number of nitrogens with one attached hydrogen (secondary N) is 1. The summed E-state index contributed by atoms with van der Waals surface area (Å²) in [6, 6.07) is 5.20. The fourth-order valence-corrected chi connectivity index (χ4v) is 3.48. The van der Waals surface area contributed by atoms with Crippen LogP contribution in [0.5, 0.6) is 5.75 Å². The highest BCUT2D eigenvalue weighted by Crippen LogP contribution is 2.41. The topological polar surface area (TPSA) is 41.6 Å². The molecular formula is C17H23FN2O2. The van der Waals surface area contributed by atoms with Gasteiger partial charge in [-0.2, -0.15) is 0 Å². The van der Waals surface area contributed by atoms with Crippen molar-refractivity contribution in [1.29, 1.82) is 0 Å². The van der Waals surface area contributed by atoms with Crippen LogP contribution in [-0.4, -0.2) is 37.0 Å². The van der Waals surface area contributed by atoms with Gasteiger partial charge >= 0.3 is 0 Å². The molecule has 1 aromatic carbocycles. The van der Waals surface area contributed by atoms with Crippen LogP contribution in [0.3, 0.4) is 0 Å². The van der Waals surface area contributed by atoms with Gasteiger partial charge in [-0.25, -0.2) is 4.39 Å². The number of nitrogens with zero attached hydrogens (tertiary/aromatic N) is 1. The van der Waals surface area contributed by atoms with E-state index in [0.29, 0.717) is 23.8 Å². The third-order valence-corrected chi connectivity index (χ3v) is 4.71. The molecule has 120 valence electrons. The van der Waals surface area contributed by atoms with Gasteiger partial charge in [0.2, 0.25) is 5.91 Å². The Labute approximate surface area is 130 Å². The summed E-state index contributed by atoms with van der Waals surface area (Å²) in [5.74, 6) is 1.56. The SMILES string of the molecule is COc1ccc(CN2C[C@H](NC(C)=O)[C@@H](C3CC3)C2)c(F)c1. The molecule has 1 aliphatic heterocycles. The molecule has 3 rings (SSSR count). The summed E-state index contributed by atoms with van der Waals surface area (Å²) in [6.45, 7) is 3.87. The number of hydrogen-bond donors (Lipinski definition) is 1. The highest BCUT2D eigenvalue weighted by Gasteiger charge is 2.42. The molecular weight excluding hydrogens is 283 g/mol. The molecule has 0 spiro atoms. The maximum atomic E-state index is 14.1. The van der Waals surface area contributed by atoms with Crippen LogP contribution in [0.15, 0.2) is 18.2 Å². The van der Waals surface area contributed by atoms with E-state index in [4.69, 9.17) is 4.74 Å². The number of halogens is 1. The van der Waals surface area contributed by atoms with E-state index in [1.165, 1.54) is 26.0 Å². The van der Waals surface area contributed by atoms with Crippen LogP contribution in [0.25, 0.3) is 0 Å². The number of ether oxygens (including phenoxy) is 1. The molecule has 0 aromatic heterocycles. The van der Waals surface area contributed by atoms with Gasteiger partial charge in [-0.3, -0.25) is 9.69 Å². The minimum Gasteiger partial charge on any atom is -0.497 e. The molecule has 0 bridgehead atoms. The van der Waals surface area contributed by atoms with Gasteiger partial charge in [0.25, 0.3) is 0 Å². The second-order valence-electron chi connectivity index (χ2n) is 6.46. The van der Waals surface area contributed by atoms with Crippen LogP contribution in [0.4, 0.5) is 4.39 Å². The second kappa shape index (κ2) is 6.24. The molecule has 5 heteroatoms. The first-order valence-corrected chi connectivity index (χ1v) is 7.88. The van der Waals surface area contributed by atoms with Gasteiger partial charge in [-0.1, -0.05) is 6.07 Å². The second-order valence-corrected chi connectivity index (χ2v) is 6.46.